The molecule has 0 N–H and O–H groups in total. The SMILES string of the molecule is c1ccc(-c2nc(N3CCOCCOCCOCCOCCOCC3)c(-c3ccccc3)o2)cc1. The van der Waals surface area contributed by atoms with Crippen molar-refractivity contribution in [2.75, 3.05) is 84.1 Å². The second kappa shape index (κ2) is 14.6. The second-order valence-corrected chi connectivity index (χ2v) is 7.95. The van der Waals surface area contributed by atoms with Crippen molar-refractivity contribution in [1.29, 1.82) is 0 Å². The molecule has 4 rings (SSSR count). The van der Waals surface area contributed by atoms with E-state index in [2.05, 4.69) is 4.90 Å². The van der Waals surface area contributed by atoms with Crippen LogP contribution in [0.4, 0.5) is 5.82 Å². The first-order valence-electron chi connectivity index (χ1n) is 12.2. The highest BCUT2D eigenvalue weighted by Crippen LogP contribution is 2.35. The maximum Gasteiger partial charge on any atom is 0.228 e. The number of anilines is 1. The first-order chi connectivity index (χ1) is 17.4. The van der Waals surface area contributed by atoms with Gasteiger partial charge in [-0.15, -0.1) is 0 Å². The molecule has 0 atom stereocenters. The number of hydrogen-bond acceptors (Lipinski definition) is 8. The van der Waals surface area contributed by atoms with Crippen LogP contribution < -0.4 is 4.90 Å². The Morgan fingerprint density at radius 2 is 0.943 bits per heavy atom. The highest BCUT2D eigenvalue weighted by Gasteiger charge is 2.21. The van der Waals surface area contributed by atoms with E-state index in [1.165, 1.54) is 0 Å². The van der Waals surface area contributed by atoms with Crippen LogP contribution in [0, 0.1) is 0 Å². The third-order valence-electron chi connectivity index (χ3n) is 5.46. The van der Waals surface area contributed by atoms with Gasteiger partial charge in [-0.05, 0) is 12.1 Å². The zero-order valence-electron chi connectivity index (χ0n) is 20.1. The van der Waals surface area contributed by atoms with Gasteiger partial charge in [0.05, 0.1) is 66.1 Å². The first kappa shape index (κ1) is 25.3. The Morgan fingerprint density at radius 1 is 0.514 bits per heavy atom. The van der Waals surface area contributed by atoms with E-state index in [4.69, 9.17) is 33.1 Å². The lowest BCUT2D eigenvalue weighted by molar-refractivity contribution is -0.0116. The van der Waals surface area contributed by atoms with Crippen molar-refractivity contribution >= 4 is 5.82 Å². The smallest absolute Gasteiger partial charge is 0.228 e. The van der Waals surface area contributed by atoms with Crippen LogP contribution in [-0.2, 0) is 23.7 Å². The molecule has 0 aliphatic carbocycles. The number of ether oxygens (including phenoxy) is 5. The van der Waals surface area contributed by atoms with E-state index in [-0.39, 0.29) is 0 Å². The summed E-state index contributed by atoms with van der Waals surface area (Å²) in [5.41, 5.74) is 1.91. The summed E-state index contributed by atoms with van der Waals surface area (Å²) in [4.78, 5) is 7.08. The molecular formula is C27H34N2O6. The van der Waals surface area contributed by atoms with E-state index in [1.807, 2.05) is 60.7 Å². The summed E-state index contributed by atoms with van der Waals surface area (Å²) in [6, 6.07) is 20.0. The molecule has 2 aromatic carbocycles. The standard InChI is InChI=1S/C27H34N2O6/c1-3-7-23(8-4-1)25-26(28-27(35-25)24-9-5-2-6-10-24)29-11-13-30-15-17-32-19-21-34-22-20-33-18-16-31-14-12-29/h1-10H,11-22H2. The van der Waals surface area contributed by atoms with E-state index in [1.54, 1.807) is 0 Å². The summed E-state index contributed by atoms with van der Waals surface area (Å²) >= 11 is 0. The first-order valence-corrected chi connectivity index (χ1v) is 12.2. The predicted molar refractivity (Wildman–Crippen MR) is 134 cm³/mol. The molecule has 188 valence electrons. The molecule has 35 heavy (non-hydrogen) atoms. The zero-order valence-corrected chi connectivity index (χ0v) is 20.1. The largest absolute Gasteiger partial charge is 0.434 e. The molecule has 2 heterocycles. The van der Waals surface area contributed by atoms with Gasteiger partial charge in [-0.2, -0.15) is 4.98 Å². The summed E-state index contributed by atoms with van der Waals surface area (Å²) in [6.07, 6.45) is 0. The van der Waals surface area contributed by atoms with Crippen molar-refractivity contribution in [1.82, 2.24) is 4.98 Å². The number of nitrogens with zero attached hydrogens (tertiary/aromatic N) is 2. The molecule has 1 fully saturated rings. The number of hydrogen-bond donors (Lipinski definition) is 0. The molecule has 8 nitrogen and oxygen atoms in total. The molecule has 3 aromatic rings. The van der Waals surface area contributed by atoms with Gasteiger partial charge in [-0.1, -0.05) is 48.5 Å². The fourth-order valence-electron chi connectivity index (χ4n) is 3.66. The highest BCUT2D eigenvalue weighted by molar-refractivity contribution is 5.74. The summed E-state index contributed by atoms with van der Waals surface area (Å²) in [5, 5.41) is 0. The fraction of sp³-hybridized carbons (Fsp3) is 0.444. The van der Waals surface area contributed by atoms with Crippen molar-refractivity contribution in [2.45, 2.75) is 0 Å². The molecule has 1 saturated heterocycles. The number of rotatable bonds is 3. The Balaban J connectivity index is 1.52. The molecule has 0 radical (unpaired) electrons. The van der Waals surface area contributed by atoms with Gasteiger partial charge >= 0.3 is 0 Å². The van der Waals surface area contributed by atoms with Gasteiger partial charge in [0.1, 0.15) is 0 Å². The minimum atomic E-state index is 0.521. The van der Waals surface area contributed by atoms with Crippen LogP contribution in [0.2, 0.25) is 0 Å². The molecule has 0 amide bonds. The van der Waals surface area contributed by atoms with Crippen LogP contribution in [-0.4, -0.2) is 84.1 Å². The predicted octanol–water partition coefficient (Wildman–Crippen LogP) is 3.91. The highest BCUT2D eigenvalue weighted by atomic mass is 16.6. The van der Waals surface area contributed by atoms with Crippen molar-refractivity contribution in [2.24, 2.45) is 0 Å². The van der Waals surface area contributed by atoms with Gasteiger partial charge in [0, 0.05) is 24.2 Å². The molecule has 0 saturated carbocycles. The summed E-state index contributed by atoms with van der Waals surface area (Å²) in [5.74, 6) is 2.10. The average molecular weight is 483 g/mol. The third-order valence-corrected chi connectivity index (χ3v) is 5.46. The summed E-state index contributed by atoms with van der Waals surface area (Å²) < 4.78 is 34.6. The lowest BCUT2D eigenvalue weighted by Gasteiger charge is -2.23. The molecule has 0 bridgehead atoms. The van der Waals surface area contributed by atoms with Gasteiger partial charge in [0.25, 0.3) is 0 Å². The lowest BCUT2D eigenvalue weighted by Crippen LogP contribution is -2.32. The molecule has 1 aliphatic rings. The molecule has 1 aliphatic heterocycles. The maximum absolute atomic E-state index is 6.32. The van der Waals surface area contributed by atoms with Crippen LogP contribution in [0.25, 0.3) is 22.8 Å². The van der Waals surface area contributed by atoms with Crippen molar-refractivity contribution in [3.8, 4) is 22.8 Å². The summed E-state index contributed by atoms with van der Waals surface area (Å²) in [6.45, 7) is 6.63. The average Bonchev–Trinajstić information content (AvgIpc) is 3.35. The minimum Gasteiger partial charge on any atom is -0.434 e. The third kappa shape index (κ3) is 8.16. The van der Waals surface area contributed by atoms with E-state index in [0.717, 1.165) is 22.7 Å². The lowest BCUT2D eigenvalue weighted by atomic mass is 10.1. The molecule has 8 heteroatoms. The summed E-state index contributed by atoms with van der Waals surface area (Å²) in [7, 11) is 0. The van der Waals surface area contributed by atoms with Crippen molar-refractivity contribution in [3.05, 3.63) is 60.7 Å². The Labute approximate surface area is 206 Å². The normalized spacial score (nSPS) is 18.0. The van der Waals surface area contributed by atoms with Gasteiger partial charge in [-0.25, -0.2) is 0 Å². The minimum absolute atomic E-state index is 0.521. The van der Waals surface area contributed by atoms with Gasteiger partial charge < -0.3 is 33.0 Å². The Hall–Kier alpha value is -2.75. The maximum atomic E-state index is 6.32. The number of aromatic nitrogens is 1. The number of oxazole rings is 1. The zero-order chi connectivity index (χ0) is 24.0. The Bertz CT molecular complexity index is 948. The Morgan fingerprint density at radius 3 is 1.43 bits per heavy atom. The van der Waals surface area contributed by atoms with E-state index in [0.29, 0.717) is 85.0 Å². The van der Waals surface area contributed by atoms with Gasteiger partial charge in [0.2, 0.25) is 5.89 Å². The van der Waals surface area contributed by atoms with Gasteiger partial charge in [-0.3, -0.25) is 0 Å². The Kier molecular flexibility index (Phi) is 10.6. The van der Waals surface area contributed by atoms with Crippen LogP contribution in [0.5, 0.6) is 0 Å². The van der Waals surface area contributed by atoms with Crippen molar-refractivity contribution < 1.29 is 28.1 Å². The van der Waals surface area contributed by atoms with Crippen molar-refractivity contribution in [3.63, 3.8) is 0 Å². The monoisotopic (exact) mass is 482 g/mol. The second-order valence-electron chi connectivity index (χ2n) is 7.95. The molecular weight excluding hydrogens is 448 g/mol. The molecule has 1 aromatic heterocycles. The molecule has 0 spiro atoms. The van der Waals surface area contributed by atoms with E-state index >= 15 is 0 Å². The van der Waals surface area contributed by atoms with Gasteiger partial charge in [0.15, 0.2) is 11.6 Å². The van der Waals surface area contributed by atoms with E-state index in [9.17, 15) is 0 Å². The van der Waals surface area contributed by atoms with Crippen LogP contribution in [0.1, 0.15) is 0 Å². The van der Waals surface area contributed by atoms with Crippen LogP contribution in [0.15, 0.2) is 65.1 Å². The van der Waals surface area contributed by atoms with E-state index < -0.39 is 0 Å². The topological polar surface area (TPSA) is 75.4 Å². The van der Waals surface area contributed by atoms with Crippen LogP contribution in [0.3, 0.4) is 0 Å². The fourth-order valence-corrected chi connectivity index (χ4v) is 3.66. The van der Waals surface area contributed by atoms with Crippen LogP contribution >= 0.6 is 0 Å². The number of benzene rings is 2. The molecule has 0 unspecified atom stereocenters. The quantitative estimate of drug-likeness (QED) is 0.556.